The third-order valence-corrected chi connectivity index (χ3v) is 9.68. The zero-order valence-corrected chi connectivity index (χ0v) is 27.0. The molecule has 2 aliphatic rings. The summed E-state index contributed by atoms with van der Waals surface area (Å²) in [7, 11) is 1.86. The van der Waals surface area contributed by atoms with Gasteiger partial charge in [-0.1, -0.05) is 30.3 Å². The molecule has 2 aliphatic heterocycles. The average molecular weight is 637 g/mol. The first-order chi connectivity index (χ1) is 22.4. The lowest BCUT2D eigenvalue weighted by atomic mass is 9.98. The fourth-order valence-corrected chi connectivity index (χ4v) is 7.03. The monoisotopic (exact) mass is 636 g/mol. The maximum Gasteiger partial charge on any atom is 0.237 e. The van der Waals surface area contributed by atoms with Crippen LogP contribution < -0.4 is 4.90 Å². The minimum absolute atomic E-state index is 0.0402. The molecule has 236 valence electrons. The van der Waals surface area contributed by atoms with Crippen molar-refractivity contribution in [3.63, 3.8) is 0 Å². The molecule has 2 amide bonds. The number of aromatic nitrogens is 7. The Labute approximate surface area is 270 Å². The summed E-state index contributed by atoms with van der Waals surface area (Å²) in [6.45, 7) is 7.30. The summed E-state index contributed by atoms with van der Waals surface area (Å²) in [5.41, 5.74) is 5.66. The molecular weight excluding hydrogens is 600 g/mol. The smallest absolute Gasteiger partial charge is 0.237 e. The standard InChI is InChI=1S/C33H36N10O2S/c1-4-43(28-10-9-26-30(36-28)31(38-37-26)27-17-34-21(2)46-27)33(45)25-11-14-41(18-25)19-29(44)42-15-12-23(13-16-42)22-5-7-24(8-6-22)32-35-20-40(3)39-32/h5-10,12,17,20,25H,4,11,13-16,18-19H2,1-3H3,(H,37,38)/t25-/m1/s1. The first-order valence-electron chi connectivity index (χ1n) is 15.6. The van der Waals surface area contributed by atoms with Crippen LogP contribution in [0.1, 0.15) is 30.3 Å². The predicted octanol–water partition coefficient (Wildman–Crippen LogP) is 4.18. The zero-order chi connectivity index (χ0) is 31.8. The number of fused-ring (bicyclic) bond motifs is 1. The molecule has 46 heavy (non-hydrogen) atoms. The Hall–Kier alpha value is -4.75. The number of aryl methyl sites for hydroxylation is 2. The van der Waals surface area contributed by atoms with E-state index in [9.17, 15) is 9.59 Å². The van der Waals surface area contributed by atoms with Crippen molar-refractivity contribution >= 4 is 45.6 Å². The van der Waals surface area contributed by atoms with Gasteiger partial charge in [0.25, 0.3) is 0 Å². The lowest BCUT2D eigenvalue weighted by Gasteiger charge is -2.29. The topological polar surface area (TPSA) is 129 Å². The number of hydrogen-bond acceptors (Lipinski definition) is 9. The van der Waals surface area contributed by atoms with E-state index in [0.717, 1.165) is 57.1 Å². The van der Waals surface area contributed by atoms with Crippen molar-refractivity contribution in [2.75, 3.05) is 44.2 Å². The van der Waals surface area contributed by atoms with Crippen molar-refractivity contribution in [3.8, 4) is 22.0 Å². The first-order valence-corrected chi connectivity index (χ1v) is 16.4. The molecule has 13 heteroatoms. The second kappa shape index (κ2) is 12.6. The summed E-state index contributed by atoms with van der Waals surface area (Å²) in [6, 6.07) is 12.1. The van der Waals surface area contributed by atoms with E-state index in [4.69, 9.17) is 4.98 Å². The number of nitrogens with one attached hydrogen (secondary N) is 1. The number of H-pyrrole nitrogens is 1. The Morgan fingerprint density at radius 3 is 2.61 bits per heavy atom. The van der Waals surface area contributed by atoms with Crippen LogP contribution in [0.25, 0.3) is 38.6 Å². The van der Waals surface area contributed by atoms with Crippen LogP contribution >= 0.6 is 11.3 Å². The Morgan fingerprint density at radius 2 is 1.91 bits per heavy atom. The molecule has 0 radical (unpaired) electrons. The molecule has 6 heterocycles. The van der Waals surface area contributed by atoms with E-state index < -0.39 is 0 Å². The molecule has 0 bridgehead atoms. The highest BCUT2D eigenvalue weighted by atomic mass is 32.1. The number of pyridine rings is 1. The molecule has 0 spiro atoms. The maximum atomic E-state index is 13.7. The molecule has 4 aromatic heterocycles. The van der Waals surface area contributed by atoms with E-state index in [1.165, 1.54) is 5.57 Å². The van der Waals surface area contributed by atoms with E-state index in [-0.39, 0.29) is 17.7 Å². The van der Waals surface area contributed by atoms with Crippen LogP contribution in [0.4, 0.5) is 5.82 Å². The number of nitrogens with zero attached hydrogens (tertiary/aromatic N) is 9. The largest absolute Gasteiger partial charge is 0.338 e. The Bertz CT molecular complexity index is 1920. The Balaban J connectivity index is 0.952. The van der Waals surface area contributed by atoms with Gasteiger partial charge in [0.1, 0.15) is 23.4 Å². The quantitative estimate of drug-likeness (QED) is 0.269. The van der Waals surface area contributed by atoms with Crippen LogP contribution in [0.2, 0.25) is 0 Å². The predicted molar refractivity (Wildman–Crippen MR) is 178 cm³/mol. The van der Waals surface area contributed by atoms with Crippen LogP contribution in [0.3, 0.4) is 0 Å². The fourth-order valence-electron chi connectivity index (χ4n) is 6.26. The van der Waals surface area contributed by atoms with Crippen LogP contribution in [-0.2, 0) is 16.6 Å². The van der Waals surface area contributed by atoms with Gasteiger partial charge in [0.2, 0.25) is 11.8 Å². The Morgan fingerprint density at radius 1 is 1.09 bits per heavy atom. The van der Waals surface area contributed by atoms with Gasteiger partial charge in [0, 0.05) is 45.0 Å². The number of benzene rings is 1. The van der Waals surface area contributed by atoms with Crippen LogP contribution in [0, 0.1) is 12.8 Å². The molecule has 1 atom stereocenters. The number of carbonyl (C=O) groups is 2. The fraction of sp³-hybridized carbons (Fsp3) is 0.364. The summed E-state index contributed by atoms with van der Waals surface area (Å²) in [6.07, 6.45) is 7.17. The molecule has 1 N–H and O–H groups in total. The van der Waals surface area contributed by atoms with Crippen LogP contribution in [0.5, 0.6) is 0 Å². The molecule has 1 fully saturated rings. The molecule has 0 unspecified atom stereocenters. The minimum Gasteiger partial charge on any atom is -0.338 e. The molecule has 12 nitrogen and oxygen atoms in total. The number of likely N-dealkylation sites (tertiary alicyclic amines) is 1. The van der Waals surface area contributed by atoms with Gasteiger partial charge < -0.3 is 4.90 Å². The van der Waals surface area contributed by atoms with E-state index in [1.807, 2.05) is 50.1 Å². The third kappa shape index (κ3) is 5.95. The number of thiazole rings is 1. The van der Waals surface area contributed by atoms with Crippen LogP contribution in [0.15, 0.2) is 55.0 Å². The van der Waals surface area contributed by atoms with Gasteiger partial charge in [0.05, 0.1) is 27.9 Å². The SMILES string of the molecule is CCN(C(=O)[C@@H]1CCN(CC(=O)N2CC=C(c3ccc(-c4ncn(C)n4)cc3)CC2)C1)c1ccc2[nH]nc(-c3cnc(C)s3)c2n1. The summed E-state index contributed by atoms with van der Waals surface area (Å²) >= 11 is 1.56. The number of amides is 2. The van der Waals surface area contributed by atoms with Crippen molar-refractivity contribution < 1.29 is 9.59 Å². The lowest BCUT2D eigenvalue weighted by molar-refractivity contribution is -0.132. The zero-order valence-electron chi connectivity index (χ0n) is 26.2. The third-order valence-electron chi connectivity index (χ3n) is 8.76. The molecule has 1 saturated heterocycles. The normalized spacial score (nSPS) is 17.1. The number of rotatable bonds is 8. The van der Waals surface area contributed by atoms with Gasteiger partial charge in [-0.15, -0.1) is 11.3 Å². The number of aromatic amines is 1. The van der Waals surface area contributed by atoms with Crippen molar-refractivity contribution in [2.45, 2.75) is 26.7 Å². The summed E-state index contributed by atoms with van der Waals surface area (Å²) < 4.78 is 1.69. The van der Waals surface area contributed by atoms with Crippen molar-refractivity contribution in [1.82, 2.24) is 44.7 Å². The van der Waals surface area contributed by atoms with Crippen molar-refractivity contribution in [2.24, 2.45) is 13.0 Å². The molecule has 0 saturated carbocycles. The van der Waals surface area contributed by atoms with Gasteiger partial charge >= 0.3 is 0 Å². The van der Waals surface area contributed by atoms with Gasteiger partial charge in [-0.2, -0.15) is 10.2 Å². The van der Waals surface area contributed by atoms with Crippen molar-refractivity contribution in [3.05, 3.63) is 65.6 Å². The summed E-state index contributed by atoms with van der Waals surface area (Å²) in [4.78, 5) is 47.2. The van der Waals surface area contributed by atoms with Gasteiger partial charge in [-0.3, -0.25) is 29.2 Å². The lowest BCUT2D eigenvalue weighted by Crippen LogP contribution is -2.42. The molecule has 0 aliphatic carbocycles. The highest BCUT2D eigenvalue weighted by Gasteiger charge is 2.34. The number of carbonyl (C=O) groups excluding carboxylic acids is 2. The number of anilines is 1. The molecule has 7 rings (SSSR count). The van der Waals surface area contributed by atoms with Gasteiger partial charge in [0.15, 0.2) is 5.82 Å². The molecule has 5 aromatic rings. The highest BCUT2D eigenvalue weighted by molar-refractivity contribution is 7.15. The van der Waals surface area contributed by atoms with E-state index in [1.54, 1.807) is 33.4 Å². The molecular formula is C33H36N10O2S. The summed E-state index contributed by atoms with van der Waals surface area (Å²) in [5.74, 6) is 1.27. The Kier molecular flexibility index (Phi) is 8.18. The van der Waals surface area contributed by atoms with E-state index in [2.05, 4.69) is 48.4 Å². The molecule has 1 aromatic carbocycles. The number of hydrogen-bond donors (Lipinski definition) is 1. The highest BCUT2D eigenvalue weighted by Crippen LogP contribution is 2.31. The second-order valence-electron chi connectivity index (χ2n) is 11.8. The minimum atomic E-state index is -0.185. The van der Waals surface area contributed by atoms with Crippen molar-refractivity contribution in [1.29, 1.82) is 0 Å². The van der Waals surface area contributed by atoms with E-state index >= 15 is 0 Å². The van der Waals surface area contributed by atoms with Crippen LogP contribution in [-0.4, -0.2) is 95.8 Å². The first kappa shape index (κ1) is 29.9. The van der Waals surface area contributed by atoms with E-state index in [0.29, 0.717) is 44.4 Å². The average Bonchev–Trinajstić information content (AvgIpc) is 3.89. The maximum absolute atomic E-state index is 13.7. The summed E-state index contributed by atoms with van der Waals surface area (Å²) in [5, 5.41) is 12.8. The second-order valence-corrected chi connectivity index (χ2v) is 13.1. The van der Waals surface area contributed by atoms with Gasteiger partial charge in [-0.05, 0) is 56.5 Å². The van der Waals surface area contributed by atoms with Gasteiger partial charge in [-0.25, -0.2) is 15.0 Å².